The minimum atomic E-state index is -0.709. The van der Waals surface area contributed by atoms with E-state index >= 15 is 0 Å². The highest BCUT2D eigenvalue weighted by Crippen LogP contribution is 2.46. The third-order valence-corrected chi connectivity index (χ3v) is 5.04. The normalized spacial score (nSPS) is 21.8. The Bertz CT molecular complexity index is 1060. The number of non-ortho nitro benzene ring substituents is 1. The summed E-state index contributed by atoms with van der Waals surface area (Å²) in [5.74, 6) is 0.0000666. The number of Topliss-reactive ketones (excluding diaryl/α,β-unsaturated/α-hetero) is 1. The summed E-state index contributed by atoms with van der Waals surface area (Å²) in [6, 6.07) is 11.3. The van der Waals surface area contributed by atoms with Gasteiger partial charge in [0.05, 0.1) is 17.1 Å². The highest BCUT2D eigenvalue weighted by Gasteiger charge is 2.41. The lowest BCUT2D eigenvalue weighted by Crippen LogP contribution is -2.29. The quantitative estimate of drug-likeness (QED) is 0.640. The fourth-order valence-corrected chi connectivity index (χ4v) is 3.75. The average molecular weight is 377 g/mol. The molecule has 0 saturated heterocycles. The number of nitro benzene ring substituents is 1. The molecule has 2 atom stereocenters. The number of nitrogens with two attached hydrogens (primary N) is 1. The lowest BCUT2D eigenvalue weighted by Gasteiger charge is -2.33. The highest BCUT2D eigenvalue weighted by molar-refractivity contribution is 6.00. The van der Waals surface area contributed by atoms with Gasteiger partial charge in [-0.05, 0) is 17.7 Å². The van der Waals surface area contributed by atoms with Crippen LogP contribution in [0, 0.1) is 21.4 Å². The van der Waals surface area contributed by atoms with E-state index in [1.54, 1.807) is 18.4 Å². The first-order chi connectivity index (χ1) is 13.5. The number of hydrogen-bond donors (Lipinski definition) is 1. The third-order valence-electron chi connectivity index (χ3n) is 5.04. The van der Waals surface area contributed by atoms with Gasteiger partial charge in [0, 0.05) is 36.5 Å². The zero-order chi connectivity index (χ0) is 19.8. The van der Waals surface area contributed by atoms with E-state index in [1.165, 1.54) is 24.3 Å². The molecule has 28 heavy (non-hydrogen) atoms. The number of furan rings is 1. The minimum absolute atomic E-state index is 0.0579. The van der Waals surface area contributed by atoms with Crippen molar-refractivity contribution >= 4 is 11.5 Å². The Morgan fingerprint density at radius 1 is 1.21 bits per heavy atom. The molecule has 2 aromatic rings. The number of carbonyl (C=O) groups is 1. The summed E-state index contributed by atoms with van der Waals surface area (Å²) in [7, 11) is 0. The Balaban J connectivity index is 1.78. The summed E-state index contributed by atoms with van der Waals surface area (Å²) < 4.78 is 11.1. The van der Waals surface area contributed by atoms with Crippen molar-refractivity contribution < 1.29 is 18.9 Å². The molecule has 0 saturated carbocycles. The van der Waals surface area contributed by atoms with Crippen molar-refractivity contribution in [3.8, 4) is 6.07 Å². The number of ether oxygens (including phenoxy) is 1. The molecule has 2 aliphatic rings. The SMILES string of the molecule is N#CC1=C(N)OC2=C(C(=O)C[C@H](c3ccco3)C2)[C@H]1c1ccc([N+](=O)[O-])cc1. The second-order valence-electron chi connectivity index (χ2n) is 6.65. The maximum Gasteiger partial charge on any atom is 0.269 e. The van der Waals surface area contributed by atoms with Gasteiger partial charge in [-0.2, -0.15) is 5.26 Å². The van der Waals surface area contributed by atoms with Gasteiger partial charge in [0.25, 0.3) is 5.69 Å². The van der Waals surface area contributed by atoms with Crippen LogP contribution in [0.1, 0.15) is 36.0 Å². The lowest BCUT2D eigenvalue weighted by molar-refractivity contribution is -0.384. The van der Waals surface area contributed by atoms with Gasteiger partial charge in [-0.15, -0.1) is 0 Å². The molecule has 4 rings (SSSR count). The summed E-state index contributed by atoms with van der Waals surface area (Å²) in [4.78, 5) is 23.4. The second-order valence-corrected chi connectivity index (χ2v) is 6.65. The van der Waals surface area contributed by atoms with Gasteiger partial charge < -0.3 is 14.9 Å². The fraction of sp³-hybridized carbons (Fsp3) is 0.200. The molecule has 2 heterocycles. The van der Waals surface area contributed by atoms with Crippen LogP contribution >= 0.6 is 0 Å². The van der Waals surface area contributed by atoms with E-state index in [0.29, 0.717) is 29.1 Å². The number of rotatable bonds is 3. The number of hydrogen-bond acceptors (Lipinski definition) is 7. The summed E-state index contributed by atoms with van der Waals surface area (Å²) in [6.07, 6.45) is 2.18. The molecule has 1 aliphatic heterocycles. The topological polar surface area (TPSA) is 132 Å². The highest BCUT2D eigenvalue weighted by atomic mass is 16.6. The Hall–Kier alpha value is -3.86. The lowest BCUT2D eigenvalue weighted by atomic mass is 9.74. The van der Waals surface area contributed by atoms with Gasteiger partial charge in [-0.1, -0.05) is 12.1 Å². The molecule has 8 nitrogen and oxygen atoms in total. The van der Waals surface area contributed by atoms with E-state index in [2.05, 4.69) is 0 Å². The van der Waals surface area contributed by atoms with Crippen LogP contribution in [0.5, 0.6) is 0 Å². The molecule has 0 unspecified atom stereocenters. The molecular formula is C20H15N3O5. The monoisotopic (exact) mass is 377 g/mol. The van der Waals surface area contributed by atoms with Crippen molar-refractivity contribution in [2.45, 2.75) is 24.7 Å². The molecule has 0 bridgehead atoms. The van der Waals surface area contributed by atoms with E-state index in [1.807, 2.05) is 6.07 Å². The van der Waals surface area contributed by atoms with E-state index in [0.717, 1.165) is 0 Å². The van der Waals surface area contributed by atoms with Crippen LogP contribution in [0.2, 0.25) is 0 Å². The number of ketones is 1. The molecule has 0 radical (unpaired) electrons. The first-order valence-electron chi connectivity index (χ1n) is 8.61. The van der Waals surface area contributed by atoms with Crippen LogP contribution in [0.25, 0.3) is 0 Å². The van der Waals surface area contributed by atoms with Crippen LogP contribution in [-0.4, -0.2) is 10.7 Å². The molecule has 1 aromatic carbocycles. The van der Waals surface area contributed by atoms with E-state index in [9.17, 15) is 20.2 Å². The molecule has 0 amide bonds. The van der Waals surface area contributed by atoms with Gasteiger partial charge in [-0.25, -0.2) is 0 Å². The smallest absolute Gasteiger partial charge is 0.269 e. The van der Waals surface area contributed by atoms with Crippen molar-refractivity contribution in [2.75, 3.05) is 0 Å². The molecule has 1 aromatic heterocycles. The molecule has 2 N–H and O–H groups in total. The average Bonchev–Trinajstić information content (AvgIpc) is 3.21. The first kappa shape index (κ1) is 17.5. The Morgan fingerprint density at radius 2 is 1.96 bits per heavy atom. The standard InChI is InChI=1S/C20H15N3O5/c21-10-14-18(11-3-5-13(6-4-11)23(25)26)19-15(24)8-12(16-2-1-7-27-16)9-17(19)28-20(14)22/h1-7,12,18H,8-9,22H2/t12-,18-/m0/s1. The molecule has 8 heteroatoms. The van der Waals surface area contributed by atoms with Gasteiger partial charge in [0.15, 0.2) is 5.78 Å². The molecule has 0 fully saturated rings. The number of nitriles is 1. The van der Waals surface area contributed by atoms with Crippen LogP contribution in [-0.2, 0) is 9.53 Å². The van der Waals surface area contributed by atoms with Gasteiger partial charge in [-0.3, -0.25) is 14.9 Å². The molecule has 1 aliphatic carbocycles. The van der Waals surface area contributed by atoms with Gasteiger partial charge in [0.1, 0.15) is 23.2 Å². The summed E-state index contributed by atoms with van der Waals surface area (Å²) >= 11 is 0. The largest absolute Gasteiger partial charge is 0.469 e. The zero-order valence-electron chi connectivity index (χ0n) is 14.6. The minimum Gasteiger partial charge on any atom is -0.469 e. The summed E-state index contributed by atoms with van der Waals surface area (Å²) in [5.41, 5.74) is 6.97. The molecule has 140 valence electrons. The predicted molar refractivity (Wildman–Crippen MR) is 96.5 cm³/mol. The predicted octanol–water partition coefficient (Wildman–Crippen LogP) is 3.40. The van der Waals surface area contributed by atoms with Crippen molar-refractivity contribution in [1.82, 2.24) is 0 Å². The van der Waals surface area contributed by atoms with Crippen molar-refractivity contribution in [3.63, 3.8) is 0 Å². The molecule has 0 spiro atoms. The van der Waals surface area contributed by atoms with E-state index in [4.69, 9.17) is 14.9 Å². The maximum atomic E-state index is 13.0. The maximum absolute atomic E-state index is 13.0. The first-order valence-corrected chi connectivity index (χ1v) is 8.61. The van der Waals surface area contributed by atoms with Gasteiger partial charge >= 0.3 is 0 Å². The van der Waals surface area contributed by atoms with E-state index in [-0.39, 0.29) is 35.3 Å². The Kier molecular flexibility index (Phi) is 4.20. The Morgan fingerprint density at radius 3 is 2.57 bits per heavy atom. The van der Waals surface area contributed by atoms with Crippen LogP contribution in [0.15, 0.2) is 69.9 Å². The Labute approximate surface area is 159 Å². The number of nitrogens with zero attached hydrogens (tertiary/aromatic N) is 2. The number of benzene rings is 1. The number of nitro groups is 1. The van der Waals surface area contributed by atoms with Crippen molar-refractivity contribution in [3.05, 3.63) is 86.9 Å². The van der Waals surface area contributed by atoms with Gasteiger partial charge in [0.2, 0.25) is 5.88 Å². The van der Waals surface area contributed by atoms with Crippen LogP contribution in [0.3, 0.4) is 0 Å². The number of carbonyl (C=O) groups excluding carboxylic acids is 1. The fourth-order valence-electron chi connectivity index (χ4n) is 3.75. The summed E-state index contributed by atoms with van der Waals surface area (Å²) in [5, 5.41) is 20.5. The van der Waals surface area contributed by atoms with Crippen LogP contribution < -0.4 is 5.73 Å². The zero-order valence-corrected chi connectivity index (χ0v) is 14.6. The number of allylic oxidation sites excluding steroid dienone is 3. The van der Waals surface area contributed by atoms with Crippen molar-refractivity contribution in [1.29, 1.82) is 5.26 Å². The van der Waals surface area contributed by atoms with E-state index < -0.39 is 10.8 Å². The second kappa shape index (κ2) is 6.70. The third kappa shape index (κ3) is 2.83. The van der Waals surface area contributed by atoms with Crippen LogP contribution in [0.4, 0.5) is 5.69 Å². The molecular weight excluding hydrogens is 362 g/mol. The van der Waals surface area contributed by atoms with Crippen molar-refractivity contribution in [2.24, 2.45) is 5.73 Å². The summed E-state index contributed by atoms with van der Waals surface area (Å²) in [6.45, 7) is 0.